The number of rotatable bonds is 21. The first-order valence-electron chi connectivity index (χ1n) is 11.2. The maximum atomic E-state index is 11.9. The summed E-state index contributed by atoms with van der Waals surface area (Å²) in [6.07, 6.45) is 1.11. The Balaban J connectivity index is 1.81. The van der Waals surface area contributed by atoms with Gasteiger partial charge in [0.2, 0.25) is 0 Å². The number of likely N-dealkylation sites (tertiary alicyclic amines) is 1. The van der Waals surface area contributed by atoms with Crippen LogP contribution in [0.2, 0.25) is 0 Å². The van der Waals surface area contributed by atoms with Gasteiger partial charge in [0, 0.05) is 20.0 Å². The molecule has 0 spiro atoms. The second-order valence-corrected chi connectivity index (χ2v) is 9.39. The fourth-order valence-electron chi connectivity index (χ4n) is 2.89. The number of quaternary nitrogens is 1. The molecule has 192 valence electrons. The lowest BCUT2D eigenvalue weighted by atomic mass is 10.1. The third kappa shape index (κ3) is 17.3. The molecule has 1 atom stereocenters. The Kier molecular flexibility index (Phi) is 17.0. The molecular weight excluding hydrogens is 445 g/mol. The molecule has 0 N–H and O–H groups in total. The number of hydrogen-bond acceptors (Lipinski definition) is 10. The summed E-state index contributed by atoms with van der Waals surface area (Å²) in [6.45, 7) is 6.69. The fraction of sp³-hybridized carbons (Fsp3) is 1.00. The van der Waals surface area contributed by atoms with Crippen LogP contribution in [0.25, 0.3) is 0 Å². The van der Waals surface area contributed by atoms with Gasteiger partial charge in [0.05, 0.1) is 113 Å². The third-order valence-electron chi connectivity index (χ3n) is 4.79. The highest BCUT2D eigenvalue weighted by Crippen LogP contribution is 2.41. The molecule has 0 aromatic rings. The predicted octanol–water partition coefficient (Wildman–Crippen LogP) is 0.456. The molecule has 1 unspecified atom stereocenters. The summed E-state index contributed by atoms with van der Waals surface area (Å²) in [5.74, 6) is 0. The highest BCUT2D eigenvalue weighted by molar-refractivity contribution is 7.45. The van der Waals surface area contributed by atoms with Gasteiger partial charge in [-0.25, -0.2) is 0 Å². The molecule has 0 aliphatic carbocycles. The minimum Gasteiger partial charge on any atom is -0.756 e. The van der Waals surface area contributed by atoms with E-state index in [2.05, 4.69) is 14.1 Å². The van der Waals surface area contributed by atoms with Gasteiger partial charge in [-0.05, 0) is 0 Å². The Hall–Kier alpha value is -0.170. The van der Waals surface area contributed by atoms with Crippen molar-refractivity contribution < 1.29 is 51.4 Å². The molecule has 0 aromatic heterocycles. The number of methoxy groups -OCH3 is 1. The van der Waals surface area contributed by atoms with Crippen molar-refractivity contribution in [1.82, 2.24) is 0 Å². The average Bonchev–Trinajstić information content (AvgIpc) is 2.74. The van der Waals surface area contributed by atoms with Gasteiger partial charge in [0.1, 0.15) is 0 Å². The largest absolute Gasteiger partial charge is 0.756 e. The Morgan fingerprint density at radius 1 is 0.719 bits per heavy atom. The summed E-state index contributed by atoms with van der Waals surface area (Å²) >= 11 is 0. The Bertz CT molecular complexity index is 487. The minimum absolute atomic E-state index is 0.0738. The van der Waals surface area contributed by atoms with E-state index in [1.165, 1.54) is 0 Å². The van der Waals surface area contributed by atoms with Crippen molar-refractivity contribution in [3.63, 3.8) is 0 Å². The molecule has 0 radical (unpaired) electrons. The Morgan fingerprint density at radius 2 is 1.09 bits per heavy atom. The second kappa shape index (κ2) is 18.2. The zero-order valence-corrected chi connectivity index (χ0v) is 20.8. The van der Waals surface area contributed by atoms with Crippen LogP contribution in [0.5, 0.6) is 0 Å². The zero-order chi connectivity index (χ0) is 23.5. The third-order valence-corrected chi connectivity index (χ3v) is 5.84. The standard InChI is InChI=1S/C20H42NO10P/c1-21(2)6-4-20(5-7-21)31-32(22,23)30-19-18-29-17-16-28-15-14-27-13-12-26-11-10-25-9-8-24-3/h20H,4-19H2,1-3H3. The average molecular weight is 488 g/mol. The highest BCUT2D eigenvalue weighted by atomic mass is 31.2. The maximum Gasteiger partial charge on any atom is 0.268 e. The molecule has 11 nitrogen and oxygen atoms in total. The van der Waals surface area contributed by atoms with Crippen molar-refractivity contribution in [2.75, 3.05) is 114 Å². The SMILES string of the molecule is COCCOCCOCCOCCOCCOCCOP(=O)([O-])OC1CC[N+](C)(C)CC1. The van der Waals surface area contributed by atoms with Gasteiger partial charge in [0.25, 0.3) is 7.82 Å². The Morgan fingerprint density at radius 3 is 1.50 bits per heavy atom. The molecule has 1 aliphatic heterocycles. The second-order valence-electron chi connectivity index (χ2n) is 8.02. The van der Waals surface area contributed by atoms with Crippen LogP contribution in [0, 0.1) is 0 Å². The van der Waals surface area contributed by atoms with Gasteiger partial charge < -0.3 is 46.8 Å². The highest BCUT2D eigenvalue weighted by Gasteiger charge is 2.29. The molecule has 32 heavy (non-hydrogen) atoms. The van der Waals surface area contributed by atoms with Gasteiger partial charge in [-0.2, -0.15) is 0 Å². The molecule has 1 saturated heterocycles. The molecular formula is C20H42NO10P. The fourth-order valence-corrected chi connectivity index (χ4v) is 3.83. The van der Waals surface area contributed by atoms with Crippen molar-refractivity contribution in [3.05, 3.63) is 0 Å². The first kappa shape index (κ1) is 29.9. The molecule has 1 aliphatic rings. The summed E-state index contributed by atoms with van der Waals surface area (Å²) in [4.78, 5) is 11.9. The van der Waals surface area contributed by atoms with Crippen LogP contribution in [0.3, 0.4) is 0 Å². The maximum absolute atomic E-state index is 11.9. The lowest BCUT2D eigenvalue weighted by Crippen LogP contribution is -2.48. The molecule has 0 saturated carbocycles. The summed E-state index contributed by atoms with van der Waals surface area (Å²) in [5, 5.41) is 0. The van der Waals surface area contributed by atoms with Crippen molar-refractivity contribution in [1.29, 1.82) is 0 Å². The molecule has 0 bridgehead atoms. The van der Waals surface area contributed by atoms with E-state index in [9.17, 15) is 9.46 Å². The summed E-state index contributed by atoms with van der Waals surface area (Å²) in [5.41, 5.74) is 0. The van der Waals surface area contributed by atoms with Crippen LogP contribution in [0.15, 0.2) is 0 Å². The number of piperidine rings is 1. The van der Waals surface area contributed by atoms with Crippen LogP contribution in [-0.2, 0) is 42.0 Å². The van der Waals surface area contributed by atoms with E-state index in [1.54, 1.807) is 7.11 Å². The van der Waals surface area contributed by atoms with E-state index < -0.39 is 7.82 Å². The first-order valence-corrected chi connectivity index (χ1v) is 12.6. The van der Waals surface area contributed by atoms with E-state index in [-0.39, 0.29) is 19.3 Å². The molecule has 1 heterocycles. The Labute approximate surface area is 192 Å². The molecule has 1 rings (SSSR count). The van der Waals surface area contributed by atoms with Crippen molar-refractivity contribution >= 4 is 7.82 Å². The summed E-state index contributed by atoms with van der Waals surface area (Å²) in [7, 11) is 1.58. The number of phosphoric ester groups is 1. The quantitative estimate of drug-likeness (QED) is 0.128. The molecule has 0 aromatic carbocycles. The normalized spacial score (nSPS) is 18.6. The van der Waals surface area contributed by atoms with Crippen molar-refractivity contribution in [2.45, 2.75) is 18.9 Å². The van der Waals surface area contributed by atoms with Crippen LogP contribution in [0.1, 0.15) is 12.8 Å². The van der Waals surface area contributed by atoms with Gasteiger partial charge >= 0.3 is 0 Å². The topological polar surface area (TPSA) is 114 Å². The van der Waals surface area contributed by atoms with Gasteiger partial charge in [-0.3, -0.25) is 4.57 Å². The summed E-state index contributed by atoms with van der Waals surface area (Å²) < 4.78 is 54.4. The number of nitrogens with zero attached hydrogens (tertiary/aromatic N) is 1. The molecule has 0 amide bonds. The van der Waals surface area contributed by atoms with Crippen molar-refractivity contribution in [3.8, 4) is 0 Å². The van der Waals surface area contributed by atoms with E-state index in [4.69, 9.17) is 37.5 Å². The van der Waals surface area contributed by atoms with Crippen LogP contribution in [-0.4, -0.2) is 124 Å². The van der Waals surface area contributed by atoms with Crippen LogP contribution in [0.4, 0.5) is 0 Å². The molecule has 1 fully saturated rings. The number of hydrogen-bond donors (Lipinski definition) is 0. The van der Waals surface area contributed by atoms with E-state index in [0.29, 0.717) is 78.9 Å². The van der Waals surface area contributed by atoms with Crippen LogP contribution < -0.4 is 4.89 Å². The smallest absolute Gasteiger partial charge is 0.268 e. The van der Waals surface area contributed by atoms with E-state index >= 15 is 0 Å². The van der Waals surface area contributed by atoms with Crippen LogP contribution >= 0.6 is 7.82 Å². The predicted molar refractivity (Wildman–Crippen MR) is 115 cm³/mol. The molecule has 12 heteroatoms. The monoisotopic (exact) mass is 487 g/mol. The van der Waals surface area contributed by atoms with E-state index in [0.717, 1.165) is 17.6 Å². The zero-order valence-electron chi connectivity index (χ0n) is 19.9. The number of ether oxygens (including phenoxy) is 6. The van der Waals surface area contributed by atoms with Crippen molar-refractivity contribution in [2.24, 2.45) is 0 Å². The summed E-state index contributed by atoms with van der Waals surface area (Å²) in [6, 6.07) is 0. The van der Waals surface area contributed by atoms with Gasteiger partial charge in [-0.15, -0.1) is 0 Å². The minimum atomic E-state index is -4.30. The lowest BCUT2D eigenvalue weighted by Gasteiger charge is -2.38. The first-order chi connectivity index (χ1) is 15.3. The lowest BCUT2D eigenvalue weighted by molar-refractivity contribution is -0.896. The van der Waals surface area contributed by atoms with Gasteiger partial charge in [-0.1, -0.05) is 0 Å². The number of phosphoric acid groups is 1. The van der Waals surface area contributed by atoms with E-state index in [1.807, 2.05) is 0 Å². The van der Waals surface area contributed by atoms with Gasteiger partial charge in [0.15, 0.2) is 0 Å².